The molecule has 19 heavy (non-hydrogen) atoms. The van der Waals surface area contributed by atoms with Crippen molar-refractivity contribution in [2.75, 3.05) is 0 Å². The minimum absolute atomic E-state index is 0.0253. The van der Waals surface area contributed by atoms with Crippen LogP contribution in [0.2, 0.25) is 0 Å². The predicted molar refractivity (Wildman–Crippen MR) is 70.8 cm³/mol. The van der Waals surface area contributed by atoms with Crippen molar-refractivity contribution in [2.45, 2.75) is 38.8 Å². The monoisotopic (exact) mass is 259 g/mol. The molecule has 0 aromatic carbocycles. The predicted octanol–water partition coefficient (Wildman–Crippen LogP) is 1.84. The molecule has 2 heterocycles. The van der Waals surface area contributed by atoms with E-state index in [-0.39, 0.29) is 11.6 Å². The summed E-state index contributed by atoms with van der Waals surface area (Å²) in [5, 5.41) is 3.45. The number of fused-ring (bicyclic) bond motifs is 1. The van der Waals surface area contributed by atoms with E-state index < -0.39 is 0 Å². The van der Waals surface area contributed by atoms with E-state index in [9.17, 15) is 4.79 Å². The van der Waals surface area contributed by atoms with Crippen LogP contribution in [0, 0.1) is 6.92 Å². The molecule has 0 saturated carbocycles. The number of hydrogen-bond acceptors (Lipinski definition) is 4. The molecule has 2 aromatic rings. The quantitative estimate of drug-likeness (QED) is 0.882. The number of aryl methyl sites for hydroxylation is 2. The highest BCUT2D eigenvalue weighted by molar-refractivity contribution is 5.26. The van der Waals surface area contributed by atoms with Crippen LogP contribution in [-0.2, 0) is 13.0 Å². The molecule has 0 bridgehead atoms. The molecule has 1 aliphatic rings. The molecule has 0 fully saturated rings. The average Bonchev–Trinajstić information content (AvgIpc) is 2.81. The first-order chi connectivity index (χ1) is 9.22. The second kappa shape index (κ2) is 5.01. The normalized spacial score (nSPS) is 18.3. The van der Waals surface area contributed by atoms with Crippen LogP contribution in [0.1, 0.15) is 41.8 Å². The second-order valence-corrected chi connectivity index (χ2v) is 4.95. The summed E-state index contributed by atoms with van der Waals surface area (Å²) in [6.07, 6.45) is 4.82. The number of pyridine rings is 1. The number of nitrogens with one attached hydrogen (secondary N) is 2. The third-order valence-electron chi connectivity index (χ3n) is 3.50. The minimum atomic E-state index is -0.0253. The lowest BCUT2D eigenvalue weighted by atomic mass is 9.91. The minimum Gasteiger partial charge on any atom is -0.445 e. The van der Waals surface area contributed by atoms with Crippen LogP contribution in [-0.4, -0.2) is 9.97 Å². The van der Waals surface area contributed by atoms with Gasteiger partial charge in [-0.1, -0.05) is 6.07 Å². The van der Waals surface area contributed by atoms with E-state index in [0.29, 0.717) is 12.4 Å². The number of nitrogens with zero attached hydrogens (tertiary/aromatic N) is 1. The van der Waals surface area contributed by atoms with Gasteiger partial charge in [-0.25, -0.2) is 4.98 Å². The highest BCUT2D eigenvalue weighted by Crippen LogP contribution is 2.27. The van der Waals surface area contributed by atoms with Crippen LogP contribution >= 0.6 is 0 Å². The fraction of sp³-hybridized carbons (Fsp3) is 0.429. The first-order valence-corrected chi connectivity index (χ1v) is 6.59. The standard InChI is InChI=1S/C14H17N3O2/c1-9-7-16-14(19-9)8-15-11-3-2-4-12-10(11)5-6-13(18)17-12/h5-7,11,15H,2-4,8H2,1H3,(H,17,18). The SMILES string of the molecule is Cc1cnc(CNC2CCCc3[nH]c(=O)ccc32)o1. The Balaban J connectivity index is 1.75. The van der Waals surface area contributed by atoms with Crippen molar-refractivity contribution in [2.24, 2.45) is 0 Å². The smallest absolute Gasteiger partial charge is 0.248 e. The van der Waals surface area contributed by atoms with Gasteiger partial charge in [0.15, 0.2) is 0 Å². The van der Waals surface area contributed by atoms with Crippen molar-refractivity contribution >= 4 is 0 Å². The van der Waals surface area contributed by atoms with Crippen molar-refractivity contribution in [1.82, 2.24) is 15.3 Å². The van der Waals surface area contributed by atoms with Crippen molar-refractivity contribution in [3.05, 3.63) is 51.6 Å². The van der Waals surface area contributed by atoms with Crippen molar-refractivity contribution in [3.8, 4) is 0 Å². The molecule has 2 aromatic heterocycles. The molecule has 0 saturated heterocycles. The molecule has 1 unspecified atom stereocenters. The molecule has 1 atom stereocenters. The largest absolute Gasteiger partial charge is 0.445 e. The number of H-pyrrole nitrogens is 1. The Kier molecular flexibility index (Phi) is 3.21. The highest BCUT2D eigenvalue weighted by Gasteiger charge is 2.20. The molecular weight excluding hydrogens is 242 g/mol. The summed E-state index contributed by atoms with van der Waals surface area (Å²) in [5.41, 5.74) is 2.22. The van der Waals surface area contributed by atoms with Gasteiger partial charge < -0.3 is 14.7 Å². The Bertz CT molecular complexity index is 630. The first kappa shape index (κ1) is 12.2. The number of rotatable bonds is 3. The van der Waals surface area contributed by atoms with Crippen LogP contribution in [0.25, 0.3) is 0 Å². The van der Waals surface area contributed by atoms with E-state index in [1.165, 1.54) is 5.56 Å². The molecule has 1 aliphatic carbocycles. The summed E-state index contributed by atoms with van der Waals surface area (Å²) in [7, 11) is 0. The summed E-state index contributed by atoms with van der Waals surface area (Å²) in [4.78, 5) is 18.4. The van der Waals surface area contributed by atoms with Gasteiger partial charge in [-0.2, -0.15) is 0 Å². The zero-order chi connectivity index (χ0) is 13.2. The number of oxazole rings is 1. The third-order valence-corrected chi connectivity index (χ3v) is 3.50. The fourth-order valence-electron chi connectivity index (χ4n) is 2.61. The van der Waals surface area contributed by atoms with E-state index in [4.69, 9.17) is 4.42 Å². The molecular formula is C14H17N3O2. The van der Waals surface area contributed by atoms with Crippen molar-refractivity contribution in [1.29, 1.82) is 0 Å². The molecule has 5 nitrogen and oxygen atoms in total. The van der Waals surface area contributed by atoms with E-state index in [1.807, 2.05) is 13.0 Å². The first-order valence-electron chi connectivity index (χ1n) is 6.59. The summed E-state index contributed by atoms with van der Waals surface area (Å²) >= 11 is 0. The Morgan fingerprint density at radius 2 is 2.42 bits per heavy atom. The lowest BCUT2D eigenvalue weighted by Crippen LogP contribution is -2.27. The second-order valence-electron chi connectivity index (χ2n) is 4.95. The maximum atomic E-state index is 11.3. The van der Waals surface area contributed by atoms with E-state index >= 15 is 0 Å². The van der Waals surface area contributed by atoms with Gasteiger partial charge >= 0.3 is 0 Å². The average molecular weight is 259 g/mol. The van der Waals surface area contributed by atoms with E-state index in [1.54, 1.807) is 12.3 Å². The number of aromatic amines is 1. The lowest BCUT2D eigenvalue weighted by molar-refractivity contribution is 0.399. The van der Waals surface area contributed by atoms with Gasteiger partial charge in [-0.05, 0) is 31.7 Å². The van der Waals surface area contributed by atoms with Gasteiger partial charge in [-0.3, -0.25) is 4.79 Å². The van der Waals surface area contributed by atoms with Crippen LogP contribution in [0.5, 0.6) is 0 Å². The van der Waals surface area contributed by atoms with Gasteiger partial charge in [0.1, 0.15) is 5.76 Å². The molecule has 5 heteroatoms. The van der Waals surface area contributed by atoms with Crippen LogP contribution in [0.15, 0.2) is 27.5 Å². The highest BCUT2D eigenvalue weighted by atomic mass is 16.4. The fourth-order valence-corrected chi connectivity index (χ4v) is 2.61. The van der Waals surface area contributed by atoms with Gasteiger partial charge in [-0.15, -0.1) is 0 Å². The Morgan fingerprint density at radius 3 is 3.21 bits per heavy atom. The van der Waals surface area contributed by atoms with Gasteiger partial charge in [0.25, 0.3) is 0 Å². The molecule has 0 aliphatic heterocycles. The van der Waals surface area contributed by atoms with E-state index in [0.717, 1.165) is 30.7 Å². The third kappa shape index (κ3) is 2.61. The maximum Gasteiger partial charge on any atom is 0.248 e. The molecule has 2 N–H and O–H groups in total. The Morgan fingerprint density at radius 1 is 1.53 bits per heavy atom. The topological polar surface area (TPSA) is 70.9 Å². The molecule has 100 valence electrons. The number of aromatic nitrogens is 2. The van der Waals surface area contributed by atoms with Gasteiger partial charge in [0.05, 0.1) is 12.7 Å². The summed E-state index contributed by atoms with van der Waals surface area (Å²) in [5.74, 6) is 1.53. The van der Waals surface area contributed by atoms with Crippen molar-refractivity contribution in [3.63, 3.8) is 0 Å². The summed E-state index contributed by atoms with van der Waals surface area (Å²) < 4.78 is 5.45. The molecule has 0 amide bonds. The lowest BCUT2D eigenvalue weighted by Gasteiger charge is -2.25. The van der Waals surface area contributed by atoms with Crippen LogP contribution < -0.4 is 10.9 Å². The van der Waals surface area contributed by atoms with E-state index in [2.05, 4.69) is 15.3 Å². The maximum absolute atomic E-state index is 11.3. The van der Waals surface area contributed by atoms with Gasteiger partial charge in [0, 0.05) is 17.8 Å². The van der Waals surface area contributed by atoms with Gasteiger partial charge in [0.2, 0.25) is 11.4 Å². The Labute approximate surface area is 111 Å². The molecule has 3 rings (SSSR count). The molecule has 0 radical (unpaired) electrons. The van der Waals surface area contributed by atoms with Crippen LogP contribution in [0.4, 0.5) is 0 Å². The summed E-state index contributed by atoms with van der Waals surface area (Å²) in [6.45, 7) is 2.49. The zero-order valence-electron chi connectivity index (χ0n) is 10.9. The van der Waals surface area contributed by atoms with Crippen LogP contribution in [0.3, 0.4) is 0 Å². The Hall–Kier alpha value is -1.88. The molecule has 0 spiro atoms. The number of hydrogen-bond donors (Lipinski definition) is 2. The summed E-state index contributed by atoms with van der Waals surface area (Å²) in [6, 6.07) is 3.77. The van der Waals surface area contributed by atoms with Crippen molar-refractivity contribution < 1.29 is 4.42 Å². The zero-order valence-corrected chi connectivity index (χ0v) is 10.9.